The lowest BCUT2D eigenvalue weighted by Crippen LogP contribution is -2.43. The Kier molecular flexibility index (Phi) is 1.56. The van der Waals surface area contributed by atoms with Crippen molar-refractivity contribution in [1.82, 2.24) is 4.90 Å². The lowest BCUT2D eigenvalue weighted by atomic mass is 10.1. The fourth-order valence-corrected chi connectivity index (χ4v) is 0.991. The van der Waals surface area contributed by atoms with Gasteiger partial charge in [-0.15, -0.1) is 0 Å². The van der Waals surface area contributed by atoms with E-state index in [2.05, 4.69) is 30.1 Å². The molecule has 0 aromatic rings. The van der Waals surface area contributed by atoms with Gasteiger partial charge in [0, 0.05) is 12.6 Å². The Morgan fingerprint density at radius 2 is 2.44 bits per heavy atom. The van der Waals surface area contributed by atoms with Crippen LogP contribution in [0.15, 0.2) is 17.4 Å². The van der Waals surface area contributed by atoms with E-state index < -0.39 is 0 Å². The van der Waals surface area contributed by atoms with Crippen molar-refractivity contribution in [2.24, 2.45) is 4.99 Å². The molecule has 0 amide bonds. The highest BCUT2D eigenvalue weighted by Gasteiger charge is 2.23. The molecule has 50 valence electrons. The van der Waals surface area contributed by atoms with Crippen molar-refractivity contribution in [3.63, 3.8) is 0 Å². The minimum absolute atomic E-state index is 0.628. The monoisotopic (exact) mass is 124 g/mol. The van der Waals surface area contributed by atoms with Crippen LogP contribution in [0.1, 0.15) is 13.3 Å². The quantitative estimate of drug-likeness (QED) is 0.506. The minimum atomic E-state index is 0.628. The molecule has 0 radical (unpaired) electrons. The molecule has 1 atom stereocenters. The van der Waals surface area contributed by atoms with E-state index in [1.165, 1.54) is 6.42 Å². The molecule has 1 rings (SSSR count). The number of rotatable bonds is 2. The standard InChI is InChI=1S/C7H12N2/c1-6-4-5-9(6)7(2)8-3/h6H,2-5H2,1H3/t6-/m0/s1. The molecule has 0 bridgehead atoms. The zero-order chi connectivity index (χ0) is 6.85. The van der Waals surface area contributed by atoms with E-state index in [1.54, 1.807) is 0 Å². The van der Waals surface area contributed by atoms with Crippen LogP contribution < -0.4 is 0 Å². The van der Waals surface area contributed by atoms with Gasteiger partial charge in [-0.3, -0.25) is 0 Å². The topological polar surface area (TPSA) is 15.6 Å². The van der Waals surface area contributed by atoms with Crippen molar-refractivity contribution in [2.45, 2.75) is 19.4 Å². The smallest absolute Gasteiger partial charge is 0.120 e. The van der Waals surface area contributed by atoms with E-state index in [4.69, 9.17) is 0 Å². The minimum Gasteiger partial charge on any atom is -0.354 e. The van der Waals surface area contributed by atoms with Crippen LogP contribution in [0.5, 0.6) is 0 Å². The summed E-state index contributed by atoms with van der Waals surface area (Å²) in [5, 5.41) is 0. The highest BCUT2D eigenvalue weighted by molar-refractivity contribution is 5.28. The summed E-state index contributed by atoms with van der Waals surface area (Å²) >= 11 is 0. The van der Waals surface area contributed by atoms with E-state index in [1.807, 2.05) is 0 Å². The zero-order valence-corrected chi connectivity index (χ0v) is 5.80. The van der Waals surface area contributed by atoms with Crippen molar-refractivity contribution in [1.29, 1.82) is 0 Å². The summed E-state index contributed by atoms with van der Waals surface area (Å²) in [5.74, 6) is 0.814. The predicted molar refractivity (Wildman–Crippen MR) is 39.5 cm³/mol. The molecule has 1 saturated heterocycles. The van der Waals surface area contributed by atoms with Gasteiger partial charge >= 0.3 is 0 Å². The summed E-state index contributed by atoms with van der Waals surface area (Å²) in [4.78, 5) is 5.89. The van der Waals surface area contributed by atoms with Crippen LogP contribution in [0.25, 0.3) is 0 Å². The Morgan fingerprint density at radius 1 is 1.78 bits per heavy atom. The van der Waals surface area contributed by atoms with E-state index in [9.17, 15) is 0 Å². The van der Waals surface area contributed by atoms with Gasteiger partial charge in [0.05, 0.1) is 0 Å². The highest BCUT2D eigenvalue weighted by Crippen LogP contribution is 2.21. The second-order valence-corrected chi connectivity index (χ2v) is 2.41. The Hall–Kier alpha value is -0.790. The Bertz CT molecular complexity index is 140. The van der Waals surface area contributed by atoms with Crippen molar-refractivity contribution < 1.29 is 0 Å². The van der Waals surface area contributed by atoms with Crippen LogP contribution in [0, 0.1) is 0 Å². The van der Waals surface area contributed by atoms with Crippen LogP contribution in [0.3, 0.4) is 0 Å². The average Bonchev–Trinajstić information content (AvgIpc) is 1.84. The normalized spacial score (nSPS) is 25.0. The first kappa shape index (κ1) is 6.33. The second-order valence-electron chi connectivity index (χ2n) is 2.41. The molecular weight excluding hydrogens is 112 g/mol. The number of hydrogen-bond acceptors (Lipinski definition) is 2. The summed E-state index contributed by atoms with van der Waals surface area (Å²) in [6.07, 6.45) is 1.26. The van der Waals surface area contributed by atoms with Crippen LogP contribution in [0.2, 0.25) is 0 Å². The summed E-state index contributed by atoms with van der Waals surface area (Å²) in [7, 11) is 0. The third kappa shape index (κ3) is 0.969. The van der Waals surface area contributed by atoms with Crippen molar-refractivity contribution in [2.75, 3.05) is 6.54 Å². The summed E-state index contributed by atoms with van der Waals surface area (Å²) in [6.45, 7) is 10.4. The van der Waals surface area contributed by atoms with Crippen LogP contribution in [0.4, 0.5) is 0 Å². The molecule has 0 spiro atoms. The molecule has 0 aliphatic carbocycles. The fourth-order valence-electron chi connectivity index (χ4n) is 0.991. The lowest BCUT2D eigenvalue weighted by molar-refractivity contribution is 0.151. The molecule has 1 heterocycles. The fraction of sp³-hybridized carbons (Fsp3) is 0.571. The summed E-state index contributed by atoms with van der Waals surface area (Å²) in [5.41, 5.74) is 0. The van der Waals surface area contributed by atoms with Crippen molar-refractivity contribution in [3.8, 4) is 0 Å². The summed E-state index contributed by atoms with van der Waals surface area (Å²) < 4.78 is 0. The number of likely N-dealkylation sites (tertiary alicyclic amines) is 1. The molecule has 0 aromatic heterocycles. The Morgan fingerprint density at radius 3 is 2.56 bits per heavy atom. The number of aliphatic imine (C=N–C) groups is 1. The van der Waals surface area contributed by atoms with Gasteiger partial charge in [-0.1, -0.05) is 6.58 Å². The van der Waals surface area contributed by atoms with E-state index in [-0.39, 0.29) is 0 Å². The zero-order valence-electron chi connectivity index (χ0n) is 5.80. The van der Waals surface area contributed by atoms with E-state index >= 15 is 0 Å². The third-order valence-electron chi connectivity index (χ3n) is 1.83. The van der Waals surface area contributed by atoms with Crippen LogP contribution >= 0.6 is 0 Å². The first-order chi connectivity index (χ1) is 4.25. The van der Waals surface area contributed by atoms with Gasteiger partial charge in [0.2, 0.25) is 0 Å². The number of hydrogen-bond donors (Lipinski definition) is 0. The van der Waals surface area contributed by atoms with Crippen molar-refractivity contribution >= 4 is 6.72 Å². The SMILES string of the molecule is C=NC(=C)N1CC[C@@H]1C. The van der Waals surface area contributed by atoms with Gasteiger partial charge in [0.25, 0.3) is 0 Å². The van der Waals surface area contributed by atoms with E-state index in [0.29, 0.717) is 6.04 Å². The molecule has 1 aliphatic rings. The molecule has 2 heteroatoms. The van der Waals surface area contributed by atoms with E-state index in [0.717, 1.165) is 12.4 Å². The Balaban J connectivity index is 2.43. The maximum Gasteiger partial charge on any atom is 0.120 e. The predicted octanol–water partition coefficient (Wildman–Crippen LogP) is 1.25. The molecule has 1 aliphatic heterocycles. The lowest BCUT2D eigenvalue weighted by Gasteiger charge is -2.39. The van der Waals surface area contributed by atoms with Gasteiger partial charge in [-0.05, 0) is 20.1 Å². The molecule has 1 fully saturated rings. The molecule has 2 nitrogen and oxygen atoms in total. The van der Waals surface area contributed by atoms with Gasteiger partial charge in [-0.2, -0.15) is 0 Å². The average molecular weight is 124 g/mol. The highest BCUT2D eigenvalue weighted by atomic mass is 15.3. The summed E-state index contributed by atoms with van der Waals surface area (Å²) in [6, 6.07) is 0.628. The molecule has 9 heavy (non-hydrogen) atoms. The molecule has 0 saturated carbocycles. The van der Waals surface area contributed by atoms with Gasteiger partial charge in [-0.25, -0.2) is 4.99 Å². The second kappa shape index (κ2) is 2.21. The maximum atomic E-state index is 3.74. The first-order valence-corrected chi connectivity index (χ1v) is 3.18. The molecular formula is C7H12N2. The maximum absolute atomic E-state index is 3.74. The van der Waals surface area contributed by atoms with Gasteiger partial charge in [0.15, 0.2) is 0 Å². The number of nitrogens with zero attached hydrogens (tertiary/aromatic N) is 2. The van der Waals surface area contributed by atoms with Crippen LogP contribution in [-0.2, 0) is 0 Å². The largest absolute Gasteiger partial charge is 0.354 e. The molecule has 0 aromatic carbocycles. The third-order valence-corrected chi connectivity index (χ3v) is 1.83. The molecule has 0 N–H and O–H groups in total. The first-order valence-electron chi connectivity index (χ1n) is 3.18. The van der Waals surface area contributed by atoms with Crippen molar-refractivity contribution in [3.05, 3.63) is 12.4 Å². The van der Waals surface area contributed by atoms with Crippen LogP contribution in [-0.4, -0.2) is 24.2 Å². The van der Waals surface area contributed by atoms with Gasteiger partial charge in [0.1, 0.15) is 5.82 Å². The Labute approximate surface area is 55.9 Å². The van der Waals surface area contributed by atoms with Gasteiger partial charge < -0.3 is 4.90 Å². The molecule has 0 unspecified atom stereocenters.